The van der Waals surface area contributed by atoms with Gasteiger partial charge in [-0.25, -0.2) is 0 Å². The number of hydrogen-bond acceptors (Lipinski definition) is 5. The number of aliphatic hydroxyl groups is 1. The van der Waals surface area contributed by atoms with Crippen molar-refractivity contribution in [3.8, 4) is 5.75 Å². The molecule has 5 nitrogen and oxygen atoms in total. The lowest BCUT2D eigenvalue weighted by Gasteiger charge is -2.29. The molecule has 0 saturated carbocycles. The van der Waals surface area contributed by atoms with Gasteiger partial charge in [0.1, 0.15) is 12.4 Å². The van der Waals surface area contributed by atoms with E-state index in [1.165, 1.54) is 6.21 Å². The topological polar surface area (TPSA) is 65.3 Å². The van der Waals surface area contributed by atoms with Gasteiger partial charge in [-0.05, 0) is 25.0 Å². The molecule has 0 atom stereocenters. The number of benzene rings is 1. The van der Waals surface area contributed by atoms with Crippen LogP contribution < -0.4 is 4.74 Å². The maximum absolute atomic E-state index is 9.43. The van der Waals surface area contributed by atoms with Gasteiger partial charge in [0.2, 0.25) is 0 Å². The van der Waals surface area contributed by atoms with Crippen LogP contribution in [0.15, 0.2) is 29.4 Å². The van der Waals surface area contributed by atoms with Crippen molar-refractivity contribution in [1.82, 2.24) is 4.90 Å². The molecule has 1 aliphatic heterocycles. The first-order chi connectivity index (χ1) is 9.29. The van der Waals surface area contributed by atoms with E-state index in [-0.39, 0.29) is 6.10 Å². The quantitative estimate of drug-likeness (QED) is 0.478. The molecule has 5 heteroatoms. The van der Waals surface area contributed by atoms with Gasteiger partial charge in [0.25, 0.3) is 0 Å². The van der Waals surface area contributed by atoms with Gasteiger partial charge in [-0.1, -0.05) is 17.3 Å². The fraction of sp³-hybridized carbons (Fsp3) is 0.500. The van der Waals surface area contributed by atoms with Crippen LogP contribution in [0.3, 0.4) is 0 Å². The molecule has 0 spiro atoms. The molecular formula is C14H20N2O3. The minimum atomic E-state index is -0.140. The van der Waals surface area contributed by atoms with Crippen LogP contribution in [0.4, 0.5) is 0 Å². The van der Waals surface area contributed by atoms with E-state index in [9.17, 15) is 5.11 Å². The average Bonchev–Trinajstić information content (AvgIpc) is 2.43. The molecule has 1 fully saturated rings. The fourth-order valence-corrected chi connectivity index (χ4v) is 2.21. The lowest BCUT2D eigenvalue weighted by molar-refractivity contribution is 0.0755. The Labute approximate surface area is 113 Å². The van der Waals surface area contributed by atoms with Gasteiger partial charge in [-0.15, -0.1) is 0 Å². The Bertz CT molecular complexity index is 415. The third-order valence-corrected chi connectivity index (χ3v) is 3.34. The average molecular weight is 264 g/mol. The largest absolute Gasteiger partial charge is 0.492 e. The van der Waals surface area contributed by atoms with Crippen molar-refractivity contribution in [3.63, 3.8) is 0 Å². The van der Waals surface area contributed by atoms with Gasteiger partial charge in [0, 0.05) is 25.2 Å². The Morgan fingerprint density at radius 2 is 2.05 bits per heavy atom. The van der Waals surface area contributed by atoms with E-state index in [4.69, 9.17) is 9.94 Å². The summed E-state index contributed by atoms with van der Waals surface area (Å²) in [7, 11) is 0. The minimum Gasteiger partial charge on any atom is -0.492 e. The van der Waals surface area contributed by atoms with E-state index in [1.807, 2.05) is 24.3 Å². The first kappa shape index (κ1) is 13.8. The fourth-order valence-electron chi connectivity index (χ4n) is 2.21. The zero-order chi connectivity index (χ0) is 13.5. The Kier molecular flexibility index (Phi) is 5.18. The summed E-state index contributed by atoms with van der Waals surface area (Å²) in [4.78, 5) is 2.29. The number of nitrogens with zero attached hydrogens (tertiary/aromatic N) is 2. The molecule has 2 N–H and O–H groups in total. The molecule has 19 heavy (non-hydrogen) atoms. The van der Waals surface area contributed by atoms with Gasteiger partial charge in [-0.2, -0.15) is 0 Å². The van der Waals surface area contributed by atoms with Gasteiger partial charge in [0.15, 0.2) is 0 Å². The summed E-state index contributed by atoms with van der Waals surface area (Å²) in [5, 5.41) is 21.0. The summed E-state index contributed by atoms with van der Waals surface area (Å²) >= 11 is 0. The van der Waals surface area contributed by atoms with Crippen molar-refractivity contribution < 1.29 is 15.1 Å². The number of hydrogen-bond donors (Lipinski definition) is 2. The third-order valence-electron chi connectivity index (χ3n) is 3.34. The first-order valence-corrected chi connectivity index (χ1v) is 6.59. The van der Waals surface area contributed by atoms with Crippen LogP contribution in [0.25, 0.3) is 0 Å². The molecule has 1 aromatic carbocycles. The highest BCUT2D eigenvalue weighted by molar-refractivity contribution is 5.82. The lowest BCUT2D eigenvalue weighted by atomic mass is 10.1. The predicted molar refractivity (Wildman–Crippen MR) is 73.0 cm³/mol. The summed E-state index contributed by atoms with van der Waals surface area (Å²) < 4.78 is 5.71. The van der Waals surface area contributed by atoms with Crippen molar-refractivity contribution in [1.29, 1.82) is 0 Å². The molecular weight excluding hydrogens is 244 g/mol. The molecule has 1 aromatic rings. The van der Waals surface area contributed by atoms with Crippen LogP contribution in [-0.4, -0.2) is 53.8 Å². The van der Waals surface area contributed by atoms with E-state index < -0.39 is 0 Å². The number of rotatable bonds is 5. The Morgan fingerprint density at radius 3 is 2.79 bits per heavy atom. The van der Waals surface area contributed by atoms with Gasteiger partial charge >= 0.3 is 0 Å². The molecule has 1 aliphatic rings. The van der Waals surface area contributed by atoms with Crippen molar-refractivity contribution >= 4 is 6.21 Å². The van der Waals surface area contributed by atoms with Crippen LogP contribution in [0, 0.1) is 0 Å². The summed E-state index contributed by atoms with van der Waals surface area (Å²) in [5.41, 5.74) is 0.763. The summed E-state index contributed by atoms with van der Waals surface area (Å²) in [6, 6.07) is 7.46. The predicted octanol–water partition coefficient (Wildman–Crippen LogP) is 1.33. The molecule has 0 amide bonds. The molecule has 0 bridgehead atoms. The molecule has 1 saturated heterocycles. The van der Waals surface area contributed by atoms with Crippen LogP contribution >= 0.6 is 0 Å². The Balaban J connectivity index is 1.79. The molecule has 2 rings (SSSR count). The van der Waals surface area contributed by atoms with Crippen molar-refractivity contribution in [2.24, 2.45) is 5.16 Å². The smallest absolute Gasteiger partial charge is 0.128 e. The zero-order valence-electron chi connectivity index (χ0n) is 10.9. The molecule has 0 unspecified atom stereocenters. The van der Waals surface area contributed by atoms with E-state index in [1.54, 1.807) is 0 Å². The second kappa shape index (κ2) is 7.11. The monoisotopic (exact) mass is 264 g/mol. The number of likely N-dealkylation sites (tertiary alicyclic amines) is 1. The van der Waals surface area contributed by atoms with Crippen LogP contribution in [0.1, 0.15) is 18.4 Å². The normalized spacial score (nSPS) is 17.9. The number of aliphatic hydroxyl groups excluding tert-OH is 1. The Morgan fingerprint density at radius 1 is 1.32 bits per heavy atom. The van der Waals surface area contributed by atoms with E-state index >= 15 is 0 Å². The summed E-state index contributed by atoms with van der Waals surface area (Å²) in [6.07, 6.45) is 2.91. The highest BCUT2D eigenvalue weighted by atomic mass is 16.5. The van der Waals surface area contributed by atoms with Crippen molar-refractivity contribution in [2.75, 3.05) is 26.2 Å². The molecule has 1 heterocycles. The van der Waals surface area contributed by atoms with E-state index in [0.717, 1.165) is 43.8 Å². The van der Waals surface area contributed by atoms with Gasteiger partial charge in [-0.3, -0.25) is 4.90 Å². The third kappa shape index (κ3) is 4.22. The maximum Gasteiger partial charge on any atom is 0.128 e. The standard InChI is InChI=1S/C14H20N2O3/c17-13-5-7-16(8-6-13)9-10-19-14-4-2-1-3-12(14)11-15-18/h1-4,11,13,17-18H,5-10H2. The second-order valence-electron chi connectivity index (χ2n) is 4.70. The first-order valence-electron chi connectivity index (χ1n) is 6.59. The van der Waals surface area contributed by atoms with E-state index in [0.29, 0.717) is 6.61 Å². The number of piperidine rings is 1. The minimum absolute atomic E-state index is 0.140. The summed E-state index contributed by atoms with van der Waals surface area (Å²) in [5.74, 6) is 0.720. The van der Waals surface area contributed by atoms with Crippen LogP contribution in [0.5, 0.6) is 5.75 Å². The number of ether oxygens (including phenoxy) is 1. The van der Waals surface area contributed by atoms with Gasteiger partial charge in [0.05, 0.1) is 12.3 Å². The zero-order valence-corrected chi connectivity index (χ0v) is 10.9. The van der Waals surface area contributed by atoms with Crippen molar-refractivity contribution in [3.05, 3.63) is 29.8 Å². The maximum atomic E-state index is 9.43. The molecule has 0 radical (unpaired) electrons. The van der Waals surface area contributed by atoms with Gasteiger partial charge < -0.3 is 15.1 Å². The summed E-state index contributed by atoms with van der Waals surface area (Å²) in [6.45, 7) is 3.28. The highest BCUT2D eigenvalue weighted by Crippen LogP contribution is 2.16. The van der Waals surface area contributed by atoms with E-state index in [2.05, 4.69) is 10.1 Å². The second-order valence-corrected chi connectivity index (χ2v) is 4.70. The number of para-hydroxylation sites is 1. The molecule has 0 aliphatic carbocycles. The Hall–Kier alpha value is -1.59. The van der Waals surface area contributed by atoms with Crippen LogP contribution in [0.2, 0.25) is 0 Å². The highest BCUT2D eigenvalue weighted by Gasteiger charge is 2.16. The lowest BCUT2D eigenvalue weighted by Crippen LogP contribution is -2.38. The molecule has 0 aromatic heterocycles. The SMILES string of the molecule is ON=Cc1ccccc1OCCN1CCC(O)CC1. The molecule has 104 valence electrons. The van der Waals surface area contributed by atoms with Crippen LogP contribution in [-0.2, 0) is 0 Å². The van der Waals surface area contributed by atoms with Crippen molar-refractivity contribution in [2.45, 2.75) is 18.9 Å². The number of oxime groups is 1.